The number of benzene rings is 1. The molecule has 1 aromatic rings. The van der Waals surface area contributed by atoms with Gasteiger partial charge in [-0.3, -0.25) is 0 Å². The van der Waals surface area contributed by atoms with Gasteiger partial charge in [-0.1, -0.05) is 6.07 Å². The average Bonchev–Trinajstić information content (AvgIpc) is 2.74. The first-order valence-corrected chi connectivity index (χ1v) is 7.94. The number of hydrogen-bond acceptors (Lipinski definition) is 3. The predicted octanol–water partition coefficient (Wildman–Crippen LogP) is 1.68. The third-order valence-corrected chi connectivity index (χ3v) is 6.16. The van der Waals surface area contributed by atoms with E-state index in [1.165, 1.54) is 4.31 Å². The van der Waals surface area contributed by atoms with Gasteiger partial charge < -0.3 is 5.11 Å². The van der Waals surface area contributed by atoms with E-state index in [1.54, 1.807) is 0 Å². The van der Waals surface area contributed by atoms with Crippen molar-refractivity contribution in [2.45, 2.75) is 45.1 Å². The number of aryl methyl sites for hydroxylation is 2. The van der Waals surface area contributed by atoms with Gasteiger partial charge in [0.25, 0.3) is 0 Å². The van der Waals surface area contributed by atoms with Crippen molar-refractivity contribution >= 4 is 10.0 Å². The lowest BCUT2D eigenvalue weighted by atomic mass is 10.0. The van der Waals surface area contributed by atoms with E-state index in [9.17, 15) is 13.5 Å². The lowest BCUT2D eigenvalue weighted by molar-refractivity contribution is 0.189. The molecule has 0 amide bonds. The molecule has 1 saturated heterocycles. The molecule has 1 atom stereocenters. The Morgan fingerprint density at radius 3 is 2.11 bits per heavy atom. The molecular weight excluding hydrogens is 262 g/mol. The Morgan fingerprint density at radius 2 is 1.68 bits per heavy atom. The third kappa shape index (κ3) is 2.42. The SMILES string of the molecule is Cc1cc(C)c(C)c(S(=O)(=O)N2CC[C@H](O)C2)c1C. The van der Waals surface area contributed by atoms with Crippen molar-refractivity contribution in [3.05, 3.63) is 28.3 Å². The quantitative estimate of drug-likeness (QED) is 0.898. The van der Waals surface area contributed by atoms with Gasteiger partial charge in [0.05, 0.1) is 11.0 Å². The Hall–Kier alpha value is -0.910. The second-order valence-corrected chi connectivity index (χ2v) is 7.27. The molecule has 1 N–H and O–H groups in total. The molecule has 0 radical (unpaired) electrons. The maximum atomic E-state index is 12.7. The van der Waals surface area contributed by atoms with Crippen LogP contribution in [0.4, 0.5) is 0 Å². The van der Waals surface area contributed by atoms with Crippen LogP contribution in [-0.4, -0.2) is 37.0 Å². The summed E-state index contributed by atoms with van der Waals surface area (Å²) in [6.45, 7) is 8.16. The standard InChI is InChI=1S/C14H21NO3S/c1-9-7-10(2)12(4)14(11(9)3)19(17,18)15-6-5-13(16)8-15/h7,13,16H,5-6,8H2,1-4H3/t13-/m0/s1. The smallest absolute Gasteiger partial charge is 0.243 e. The highest BCUT2D eigenvalue weighted by atomic mass is 32.2. The highest BCUT2D eigenvalue weighted by Crippen LogP contribution is 2.30. The summed E-state index contributed by atoms with van der Waals surface area (Å²) in [5, 5.41) is 9.55. The van der Waals surface area contributed by atoms with E-state index in [1.807, 2.05) is 33.8 Å². The fraction of sp³-hybridized carbons (Fsp3) is 0.571. The van der Waals surface area contributed by atoms with Crippen LogP contribution in [0.3, 0.4) is 0 Å². The normalized spacial score (nSPS) is 21.0. The molecule has 19 heavy (non-hydrogen) atoms. The van der Waals surface area contributed by atoms with Gasteiger partial charge in [0.15, 0.2) is 0 Å². The van der Waals surface area contributed by atoms with Crippen molar-refractivity contribution in [1.29, 1.82) is 0 Å². The zero-order valence-electron chi connectivity index (χ0n) is 11.9. The lowest BCUT2D eigenvalue weighted by Gasteiger charge is -2.21. The Bertz CT molecular complexity index is 581. The van der Waals surface area contributed by atoms with Gasteiger partial charge in [0.1, 0.15) is 0 Å². The number of hydrogen-bond donors (Lipinski definition) is 1. The first-order valence-electron chi connectivity index (χ1n) is 6.50. The predicted molar refractivity (Wildman–Crippen MR) is 74.8 cm³/mol. The summed E-state index contributed by atoms with van der Waals surface area (Å²) < 4.78 is 26.9. The van der Waals surface area contributed by atoms with E-state index in [0.717, 1.165) is 22.3 Å². The monoisotopic (exact) mass is 283 g/mol. The van der Waals surface area contributed by atoms with Gasteiger partial charge in [-0.15, -0.1) is 0 Å². The first-order chi connectivity index (χ1) is 8.75. The largest absolute Gasteiger partial charge is 0.392 e. The molecule has 5 heteroatoms. The van der Waals surface area contributed by atoms with Crippen LogP contribution in [0.15, 0.2) is 11.0 Å². The minimum Gasteiger partial charge on any atom is -0.392 e. The summed E-state index contributed by atoms with van der Waals surface area (Å²) in [7, 11) is -3.50. The number of sulfonamides is 1. The Morgan fingerprint density at radius 1 is 1.16 bits per heavy atom. The second kappa shape index (κ2) is 4.89. The van der Waals surface area contributed by atoms with E-state index in [-0.39, 0.29) is 6.54 Å². The van der Waals surface area contributed by atoms with Crippen LogP contribution in [-0.2, 0) is 10.0 Å². The van der Waals surface area contributed by atoms with Crippen LogP contribution in [0.2, 0.25) is 0 Å². The fourth-order valence-electron chi connectivity index (χ4n) is 2.63. The summed E-state index contributed by atoms with van der Waals surface area (Å²) in [5.74, 6) is 0. The van der Waals surface area contributed by atoms with E-state index < -0.39 is 16.1 Å². The zero-order chi connectivity index (χ0) is 14.4. The number of aliphatic hydroxyl groups excluding tert-OH is 1. The van der Waals surface area contributed by atoms with Crippen LogP contribution in [0.25, 0.3) is 0 Å². The molecule has 0 unspecified atom stereocenters. The van der Waals surface area contributed by atoms with Crippen LogP contribution in [0.5, 0.6) is 0 Å². The average molecular weight is 283 g/mol. The molecule has 1 fully saturated rings. The highest BCUT2D eigenvalue weighted by Gasteiger charge is 2.34. The molecule has 1 heterocycles. The summed E-state index contributed by atoms with van der Waals surface area (Å²) in [5.41, 5.74) is 3.59. The van der Waals surface area contributed by atoms with Crippen LogP contribution in [0.1, 0.15) is 28.7 Å². The van der Waals surface area contributed by atoms with Gasteiger partial charge in [-0.05, 0) is 56.4 Å². The number of aliphatic hydroxyl groups is 1. The van der Waals surface area contributed by atoms with Crippen molar-refractivity contribution in [3.8, 4) is 0 Å². The van der Waals surface area contributed by atoms with Gasteiger partial charge >= 0.3 is 0 Å². The van der Waals surface area contributed by atoms with E-state index in [0.29, 0.717) is 17.9 Å². The molecule has 1 aliphatic rings. The molecule has 0 bridgehead atoms. The minimum atomic E-state index is -3.50. The molecule has 0 aromatic heterocycles. The molecule has 0 aliphatic carbocycles. The molecular formula is C14H21NO3S. The summed E-state index contributed by atoms with van der Waals surface area (Å²) in [4.78, 5) is 0.416. The third-order valence-electron chi connectivity index (χ3n) is 4.02. The maximum absolute atomic E-state index is 12.7. The number of rotatable bonds is 2. The van der Waals surface area contributed by atoms with Gasteiger partial charge in [-0.2, -0.15) is 4.31 Å². The Labute approximate surface area is 115 Å². The fourth-order valence-corrected chi connectivity index (χ4v) is 4.69. The van der Waals surface area contributed by atoms with Crippen LogP contribution in [0, 0.1) is 27.7 Å². The molecule has 0 saturated carbocycles. The molecule has 4 nitrogen and oxygen atoms in total. The van der Waals surface area contributed by atoms with Gasteiger partial charge in [-0.25, -0.2) is 8.42 Å². The van der Waals surface area contributed by atoms with Crippen molar-refractivity contribution in [2.24, 2.45) is 0 Å². The molecule has 2 rings (SSSR count). The Balaban J connectivity index is 2.58. The van der Waals surface area contributed by atoms with Gasteiger partial charge in [0.2, 0.25) is 10.0 Å². The van der Waals surface area contributed by atoms with Crippen LogP contribution >= 0.6 is 0 Å². The van der Waals surface area contributed by atoms with Crippen LogP contribution < -0.4 is 0 Å². The molecule has 1 aromatic carbocycles. The summed E-state index contributed by atoms with van der Waals surface area (Å²) >= 11 is 0. The summed E-state index contributed by atoms with van der Waals surface area (Å²) in [6, 6.07) is 2.02. The molecule has 1 aliphatic heterocycles. The second-order valence-electron chi connectivity index (χ2n) is 5.40. The van der Waals surface area contributed by atoms with Crippen molar-refractivity contribution < 1.29 is 13.5 Å². The highest BCUT2D eigenvalue weighted by molar-refractivity contribution is 7.89. The number of β-amino-alcohol motifs (C(OH)–C–C–N with tert-alkyl or cyclic N) is 1. The molecule has 0 spiro atoms. The number of nitrogens with zero attached hydrogens (tertiary/aromatic N) is 1. The zero-order valence-corrected chi connectivity index (χ0v) is 12.7. The van der Waals surface area contributed by atoms with Gasteiger partial charge in [0, 0.05) is 13.1 Å². The molecule has 106 valence electrons. The van der Waals surface area contributed by atoms with Crippen molar-refractivity contribution in [2.75, 3.05) is 13.1 Å². The topological polar surface area (TPSA) is 57.6 Å². The van der Waals surface area contributed by atoms with E-state index >= 15 is 0 Å². The van der Waals surface area contributed by atoms with Crippen molar-refractivity contribution in [3.63, 3.8) is 0 Å². The summed E-state index contributed by atoms with van der Waals surface area (Å²) in [6.07, 6.45) is -0.0245. The lowest BCUT2D eigenvalue weighted by Crippen LogP contribution is -2.31. The Kier molecular flexibility index (Phi) is 3.73. The van der Waals surface area contributed by atoms with Crippen molar-refractivity contribution in [1.82, 2.24) is 4.31 Å². The van der Waals surface area contributed by atoms with E-state index in [4.69, 9.17) is 0 Å². The minimum absolute atomic E-state index is 0.203. The first kappa shape index (κ1) is 14.5. The van der Waals surface area contributed by atoms with E-state index in [2.05, 4.69) is 0 Å². The maximum Gasteiger partial charge on any atom is 0.243 e.